The number of piperidine rings is 1. The molecule has 3 N–H and O–H groups in total. The summed E-state index contributed by atoms with van der Waals surface area (Å²) in [5.41, 5.74) is 0. The van der Waals surface area contributed by atoms with Crippen LogP contribution in [0.15, 0.2) is 0 Å². The van der Waals surface area contributed by atoms with Gasteiger partial charge in [-0.2, -0.15) is 0 Å². The van der Waals surface area contributed by atoms with Gasteiger partial charge in [-0.3, -0.25) is 0 Å². The van der Waals surface area contributed by atoms with E-state index in [4.69, 9.17) is 4.74 Å². The number of ether oxygens (including phenoxy) is 1. The van der Waals surface area contributed by atoms with E-state index in [0.717, 1.165) is 6.42 Å². The smallest absolute Gasteiger partial charge is 0.113 e. The Labute approximate surface area is 96.6 Å². The van der Waals surface area contributed by atoms with Crippen molar-refractivity contribution in [1.29, 1.82) is 0 Å². The summed E-state index contributed by atoms with van der Waals surface area (Å²) in [5, 5.41) is 22.7. The number of hydrogen-bond donors (Lipinski definition) is 3. The molecule has 0 bridgehead atoms. The van der Waals surface area contributed by atoms with Crippen molar-refractivity contribution in [2.24, 2.45) is 0 Å². The second-order valence-corrected chi connectivity index (χ2v) is 8.22. The van der Waals surface area contributed by atoms with E-state index in [1.807, 2.05) is 6.92 Å². The normalized spacial score (nSPS) is 36.3. The number of β-amino-alcohol motifs (C(OH)–C–C–N with tert-alkyl or cyclic N) is 1. The lowest BCUT2D eigenvalue weighted by Gasteiger charge is -2.38. The molecule has 1 fully saturated rings. The molecule has 6 heteroatoms. The quantitative estimate of drug-likeness (QED) is 0.616. The molecule has 0 amide bonds. The first-order chi connectivity index (χ1) is 7.35. The Bertz CT molecular complexity index is 268. The zero-order chi connectivity index (χ0) is 12.3. The predicted molar refractivity (Wildman–Crippen MR) is 63.3 cm³/mol. The fourth-order valence-corrected chi connectivity index (χ4v) is 2.36. The summed E-state index contributed by atoms with van der Waals surface area (Å²) in [6.45, 7) is 5.62. The van der Waals surface area contributed by atoms with Crippen LogP contribution in [0.5, 0.6) is 0 Å². The standard InChI is InChI=1S/C10H22NO4P/c1-4-7-9(13)10(8(12)5-11-7)15-6-16(2,3)14/h7-13H,4-6H2,1-3H3/t7-,8+,9-,10-/m1/s1. The average molecular weight is 251 g/mol. The van der Waals surface area contributed by atoms with Gasteiger partial charge in [-0.25, -0.2) is 0 Å². The lowest BCUT2D eigenvalue weighted by molar-refractivity contribution is -0.117. The second-order valence-electron chi connectivity index (χ2n) is 4.82. The van der Waals surface area contributed by atoms with E-state index in [2.05, 4.69) is 5.32 Å². The third-order valence-corrected chi connectivity index (χ3v) is 3.51. The largest absolute Gasteiger partial charge is 0.389 e. The minimum atomic E-state index is -2.28. The second kappa shape index (κ2) is 5.61. The van der Waals surface area contributed by atoms with E-state index in [9.17, 15) is 14.8 Å². The van der Waals surface area contributed by atoms with Crippen molar-refractivity contribution in [3.8, 4) is 0 Å². The van der Waals surface area contributed by atoms with E-state index in [-0.39, 0.29) is 12.4 Å². The maximum absolute atomic E-state index is 11.5. The monoisotopic (exact) mass is 251 g/mol. The lowest BCUT2D eigenvalue weighted by atomic mass is 9.94. The first kappa shape index (κ1) is 14.1. The topological polar surface area (TPSA) is 78.8 Å². The zero-order valence-corrected chi connectivity index (χ0v) is 11.0. The van der Waals surface area contributed by atoms with Gasteiger partial charge in [0.2, 0.25) is 0 Å². The Hall–Kier alpha value is 0.0700. The summed E-state index contributed by atoms with van der Waals surface area (Å²) in [4.78, 5) is 0. The van der Waals surface area contributed by atoms with Gasteiger partial charge in [-0.15, -0.1) is 0 Å². The van der Waals surface area contributed by atoms with E-state index in [1.165, 1.54) is 0 Å². The predicted octanol–water partition coefficient (Wildman–Crippen LogP) is 0.0554. The highest BCUT2D eigenvalue weighted by Gasteiger charge is 2.37. The average Bonchev–Trinajstić information content (AvgIpc) is 2.16. The fourth-order valence-electron chi connectivity index (χ4n) is 1.83. The van der Waals surface area contributed by atoms with Gasteiger partial charge in [0.05, 0.1) is 18.6 Å². The van der Waals surface area contributed by atoms with Gasteiger partial charge >= 0.3 is 0 Å². The molecule has 16 heavy (non-hydrogen) atoms. The van der Waals surface area contributed by atoms with Crippen molar-refractivity contribution in [3.05, 3.63) is 0 Å². The minimum absolute atomic E-state index is 0.0681. The molecule has 0 radical (unpaired) electrons. The Morgan fingerprint density at radius 2 is 2.06 bits per heavy atom. The molecular formula is C10H22NO4P. The van der Waals surface area contributed by atoms with Crippen LogP contribution in [-0.4, -0.2) is 60.8 Å². The summed E-state index contributed by atoms with van der Waals surface area (Å²) < 4.78 is 16.9. The van der Waals surface area contributed by atoms with E-state index >= 15 is 0 Å². The molecule has 0 unspecified atom stereocenters. The summed E-state index contributed by atoms with van der Waals surface area (Å²) in [7, 11) is -2.28. The van der Waals surface area contributed by atoms with Gasteiger partial charge in [0.1, 0.15) is 13.2 Å². The Morgan fingerprint density at radius 1 is 1.44 bits per heavy atom. The fraction of sp³-hybridized carbons (Fsp3) is 1.00. The molecule has 4 atom stereocenters. The molecule has 0 spiro atoms. The molecule has 0 aromatic rings. The van der Waals surface area contributed by atoms with E-state index in [0.29, 0.717) is 6.54 Å². The molecule has 0 aliphatic carbocycles. The molecule has 5 nitrogen and oxygen atoms in total. The van der Waals surface area contributed by atoms with Gasteiger partial charge in [0, 0.05) is 12.6 Å². The summed E-state index contributed by atoms with van der Waals surface area (Å²) >= 11 is 0. The molecule has 0 aromatic carbocycles. The highest BCUT2D eigenvalue weighted by atomic mass is 31.2. The maximum atomic E-state index is 11.5. The van der Waals surface area contributed by atoms with Crippen LogP contribution < -0.4 is 5.32 Å². The number of aliphatic hydroxyl groups excluding tert-OH is 2. The zero-order valence-electron chi connectivity index (χ0n) is 10.1. The SMILES string of the molecule is CC[C@H]1NC[C@H](O)[C@@H](OCP(C)(C)=O)[C@@H]1O. The van der Waals surface area contributed by atoms with Crippen molar-refractivity contribution in [1.82, 2.24) is 5.32 Å². The number of rotatable bonds is 4. The molecule has 1 saturated heterocycles. The van der Waals surface area contributed by atoms with Crippen molar-refractivity contribution in [2.75, 3.05) is 26.2 Å². The molecule has 1 rings (SSSR count). The third-order valence-electron chi connectivity index (χ3n) is 2.73. The van der Waals surface area contributed by atoms with Crippen LogP contribution in [0.2, 0.25) is 0 Å². The van der Waals surface area contributed by atoms with Crippen molar-refractivity contribution in [2.45, 2.75) is 37.7 Å². The van der Waals surface area contributed by atoms with Gasteiger partial charge in [-0.05, 0) is 19.8 Å². The Kier molecular flexibility index (Phi) is 4.95. The van der Waals surface area contributed by atoms with Crippen LogP contribution in [-0.2, 0) is 9.30 Å². The molecular weight excluding hydrogens is 229 g/mol. The maximum Gasteiger partial charge on any atom is 0.113 e. The van der Waals surface area contributed by atoms with Gasteiger partial charge in [0.25, 0.3) is 0 Å². The molecule has 96 valence electrons. The Balaban J connectivity index is 2.57. The third kappa shape index (κ3) is 3.82. The van der Waals surface area contributed by atoms with E-state index < -0.39 is 25.5 Å². The molecule has 1 aliphatic heterocycles. The van der Waals surface area contributed by atoms with Crippen molar-refractivity contribution >= 4 is 7.14 Å². The Morgan fingerprint density at radius 3 is 2.56 bits per heavy atom. The molecule has 1 aliphatic rings. The van der Waals surface area contributed by atoms with Crippen LogP contribution >= 0.6 is 7.14 Å². The van der Waals surface area contributed by atoms with E-state index in [1.54, 1.807) is 13.3 Å². The molecule has 0 saturated carbocycles. The summed E-state index contributed by atoms with van der Waals surface area (Å²) in [6, 6.07) is -0.0681. The van der Waals surface area contributed by atoms with Crippen LogP contribution in [0.1, 0.15) is 13.3 Å². The van der Waals surface area contributed by atoms with Gasteiger partial charge in [-0.1, -0.05) is 6.92 Å². The molecule has 0 aromatic heterocycles. The lowest BCUT2D eigenvalue weighted by Crippen LogP contribution is -2.60. The summed E-state index contributed by atoms with van der Waals surface area (Å²) in [5.74, 6) is 0. The van der Waals surface area contributed by atoms with Gasteiger partial charge < -0.3 is 24.8 Å². The highest BCUT2D eigenvalue weighted by molar-refractivity contribution is 7.62. The van der Waals surface area contributed by atoms with Crippen LogP contribution in [0.3, 0.4) is 0 Å². The first-order valence-corrected chi connectivity index (χ1v) is 8.39. The first-order valence-electron chi connectivity index (χ1n) is 5.60. The van der Waals surface area contributed by atoms with Crippen LogP contribution in [0, 0.1) is 0 Å². The summed E-state index contributed by atoms with van der Waals surface area (Å²) in [6.07, 6.45) is -1.27. The van der Waals surface area contributed by atoms with Gasteiger partial charge in [0.15, 0.2) is 0 Å². The minimum Gasteiger partial charge on any atom is -0.389 e. The number of aliphatic hydroxyl groups is 2. The van der Waals surface area contributed by atoms with Crippen molar-refractivity contribution < 1.29 is 19.5 Å². The molecule has 1 heterocycles. The number of nitrogens with one attached hydrogen (secondary N) is 1. The van der Waals surface area contributed by atoms with Crippen LogP contribution in [0.25, 0.3) is 0 Å². The highest BCUT2D eigenvalue weighted by Crippen LogP contribution is 2.36. The number of hydrogen-bond acceptors (Lipinski definition) is 5. The van der Waals surface area contributed by atoms with Crippen molar-refractivity contribution in [3.63, 3.8) is 0 Å². The van der Waals surface area contributed by atoms with Crippen LogP contribution in [0.4, 0.5) is 0 Å².